The number of benzene rings is 5. The number of non-ortho nitro benzene ring substituents is 1. The van der Waals surface area contributed by atoms with Gasteiger partial charge < -0.3 is 16.0 Å². The molecule has 6 aromatic rings. The van der Waals surface area contributed by atoms with E-state index < -0.39 is 22.0 Å². The Balaban J connectivity index is 1.21. The van der Waals surface area contributed by atoms with E-state index in [1.54, 1.807) is 90.3 Å². The average molecular weight is 746 g/mol. The number of hydrogen-bond donors (Lipinski definition) is 3. The summed E-state index contributed by atoms with van der Waals surface area (Å²) in [5.41, 5.74) is 3.08. The molecular weight excluding hydrogens is 718 g/mol. The van der Waals surface area contributed by atoms with Crippen molar-refractivity contribution in [3.63, 3.8) is 0 Å². The molecule has 3 amide bonds. The lowest BCUT2D eigenvalue weighted by Crippen LogP contribution is -2.30. The first-order valence-electron chi connectivity index (χ1n) is 15.7. The quantitative estimate of drug-likeness (QED) is 0.0490. The molecule has 6 rings (SSSR count). The van der Waals surface area contributed by atoms with E-state index in [-0.39, 0.29) is 17.3 Å². The number of amides is 3. The number of hydrogen-bond acceptors (Lipinski definition) is 8. The minimum Gasteiger partial charge on any atom is -0.321 e. The molecule has 5 aromatic carbocycles. The van der Waals surface area contributed by atoms with Gasteiger partial charge in [0.1, 0.15) is 10.9 Å². The Morgan fingerprint density at radius 3 is 2.29 bits per heavy atom. The van der Waals surface area contributed by atoms with Gasteiger partial charge in [-0.25, -0.2) is 4.98 Å². The Hall–Kier alpha value is -6.08. The van der Waals surface area contributed by atoms with Gasteiger partial charge in [0.2, 0.25) is 5.91 Å². The summed E-state index contributed by atoms with van der Waals surface area (Å²) >= 11 is 8.86. The Morgan fingerprint density at radius 2 is 1.54 bits per heavy atom. The molecule has 0 fully saturated rings. The second kappa shape index (κ2) is 16.8. The number of nitrogens with one attached hydrogen (secondary N) is 3. The van der Waals surface area contributed by atoms with E-state index in [1.807, 2.05) is 36.4 Å². The van der Waals surface area contributed by atoms with Gasteiger partial charge in [0.05, 0.1) is 10.6 Å². The van der Waals surface area contributed by atoms with E-state index >= 15 is 0 Å². The van der Waals surface area contributed by atoms with Crippen LogP contribution in [0.2, 0.25) is 5.02 Å². The first-order chi connectivity index (χ1) is 25.2. The van der Waals surface area contributed by atoms with Crippen molar-refractivity contribution < 1.29 is 19.3 Å². The van der Waals surface area contributed by atoms with Crippen molar-refractivity contribution in [1.82, 2.24) is 10.3 Å². The standard InChI is InChI=1S/C39H28ClN5O5S2/c40-32-20-8-7-15-27(32)22-33(42-36(46)26-13-5-2-6-14-26)37(47)41-29-17-10-19-31(23-29)52-35(25-11-3-1-4-12-25)38(48)44-39-43-34(24-51-39)28-16-9-18-30(21-28)45(49)50/h1-24,35H,(H,41,47)(H,42,46)(H,43,44,48)/b33-22+. The third-order valence-electron chi connectivity index (χ3n) is 7.51. The normalized spacial score (nSPS) is 11.7. The number of carbonyl (C=O) groups is 3. The highest BCUT2D eigenvalue weighted by Crippen LogP contribution is 2.38. The molecule has 1 atom stereocenters. The van der Waals surface area contributed by atoms with E-state index in [0.717, 1.165) is 5.56 Å². The third kappa shape index (κ3) is 9.17. The molecule has 1 unspecified atom stereocenters. The van der Waals surface area contributed by atoms with Crippen molar-refractivity contribution in [3.05, 3.63) is 176 Å². The zero-order chi connectivity index (χ0) is 36.5. The molecule has 10 nitrogen and oxygen atoms in total. The van der Waals surface area contributed by atoms with E-state index in [1.165, 1.54) is 41.3 Å². The summed E-state index contributed by atoms with van der Waals surface area (Å²) in [5, 5.41) is 21.5. The second-order valence-electron chi connectivity index (χ2n) is 11.1. The molecule has 0 radical (unpaired) electrons. The molecule has 0 saturated carbocycles. The number of thiazole rings is 1. The van der Waals surface area contributed by atoms with E-state index in [0.29, 0.717) is 43.1 Å². The molecule has 1 aromatic heterocycles. The smallest absolute Gasteiger partial charge is 0.272 e. The first-order valence-corrected chi connectivity index (χ1v) is 17.8. The van der Waals surface area contributed by atoms with Gasteiger partial charge in [-0.15, -0.1) is 23.1 Å². The molecule has 0 spiro atoms. The van der Waals surface area contributed by atoms with Gasteiger partial charge in [0, 0.05) is 44.2 Å². The predicted molar refractivity (Wildman–Crippen MR) is 206 cm³/mol. The van der Waals surface area contributed by atoms with Crippen LogP contribution in [-0.4, -0.2) is 27.6 Å². The van der Waals surface area contributed by atoms with Gasteiger partial charge in [0.25, 0.3) is 17.5 Å². The van der Waals surface area contributed by atoms with Crippen molar-refractivity contribution in [2.24, 2.45) is 0 Å². The molecule has 3 N–H and O–H groups in total. The van der Waals surface area contributed by atoms with Crippen LogP contribution >= 0.6 is 34.7 Å². The van der Waals surface area contributed by atoms with E-state index in [9.17, 15) is 24.5 Å². The first kappa shape index (κ1) is 35.7. The predicted octanol–water partition coefficient (Wildman–Crippen LogP) is 9.25. The highest BCUT2D eigenvalue weighted by atomic mass is 35.5. The van der Waals surface area contributed by atoms with Crippen molar-refractivity contribution >= 4 is 75.0 Å². The Kier molecular flexibility index (Phi) is 11.5. The zero-order valence-electron chi connectivity index (χ0n) is 27.1. The largest absolute Gasteiger partial charge is 0.321 e. The van der Waals surface area contributed by atoms with E-state index in [4.69, 9.17) is 11.6 Å². The number of thioether (sulfide) groups is 1. The van der Waals surface area contributed by atoms with Gasteiger partial charge in [-0.05, 0) is 53.6 Å². The van der Waals surface area contributed by atoms with Crippen LogP contribution in [0, 0.1) is 10.1 Å². The van der Waals surface area contributed by atoms with Crippen molar-refractivity contribution in [3.8, 4) is 11.3 Å². The van der Waals surface area contributed by atoms with Crippen LogP contribution in [0.25, 0.3) is 17.3 Å². The van der Waals surface area contributed by atoms with Gasteiger partial charge in [0.15, 0.2) is 5.13 Å². The summed E-state index contributed by atoms with van der Waals surface area (Å²) in [5.74, 6) is -1.38. The number of anilines is 2. The summed E-state index contributed by atoms with van der Waals surface area (Å²) < 4.78 is 0. The lowest BCUT2D eigenvalue weighted by Gasteiger charge is -2.17. The number of nitro benzene ring substituents is 1. The fraction of sp³-hybridized carbons (Fsp3) is 0.0256. The summed E-state index contributed by atoms with van der Waals surface area (Å²) in [6, 6.07) is 37.9. The van der Waals surface area contributed by atoms with Crippen molar-refractivity contribution in [2.75, 3.05) is 10.6 Å². The highest BCUT2D eigenvalue weighted by molar-refractivity contribution is 8.00. The highest BCUT2D eigenvalue weighted by Gasteiger charge is 2.24. The average Bonchev–Trinajstić information content (AvgIpc) is 3.63. The van der Waals surface area contributed by atoms with Gasteiger partial charge in [-0.3, -0.25) is 24.5 Å². The number of halogens is 1. The minimum atomic E-state index is -0.710. The molecule has 1 heterocycles. The van der Waals surface area contributed by atoms with Crippen LogP contribution in [0.15, 0.2) is 149 Å². The minimum absolute atomic E-state index is 0.0190. The van der Waals surface area contributed by atoms with Crippen molar-refractivity contribution in [1.29, 1.82) is 0 Å². The lowest BCUT2D eigenvalue weighted by atomic mass is 10.1. The van der Waals surface area contributed by atoms with Crippen LogP contribution in [0.3, 0.4) is 0 Å². The molecule has 13 heteroatoms. The monoisotopic (exact) mass is 745 g/mol. The molecule has 258 valence electrons. The zero-order valence-corrected chi connectivity index (χ0v) is 29.5. The Bertz CT molecular complexity index is 2280. The molecule has 0 aliphatic rings. The number of nitro groups is 1. The molecule has 52 heavy (non-hydrogen) atoms. The maximum Gasteiger partial charge on any atom is 0.272 e. The topological polar surface area (TPSA) is 143 Å². The summed E-state index contributed by atoms with van der Waals surface area (Å²) in [7, 11) is 0. The lowest BCUT2D eigenvalue weighted by molar-refractivity contribution is -0.384. The van der Waals surface area contributed by atoms with Crippen molar-refractivity contribution in [2.45, 2.75) is 10.1 Å². The Labute approximate surface area is 311 Å². The molecule has 0 aliphatic heterocycles. The molecule has 0 saturated heterocycles. The van der Waals surface area contributed by atoms with Gasteiger partial charge in [-0.1, -0.05) is 96.5 Å². The fourth-order valence-corrected chi connectivity index (χ4v) is 6.98. The SMILES string of the molecule is O=C(Nc1cccc(SC(C(=O)Nc2nc(-c3cccc([N+](=O)[O-])c3)cs2)c2ccccc2)c1)/C(=C\c1ccccc1Cl)NC(=O)c1ccccc1. The third-order valence-corrected chi connectivity index (χ3v) is 9.86. The van der Waals surface area contributed by atoms with E-state index in [2.05, 4.69) is 20.9 Å². The molecular formula is C39H28ClN5O5S2. The summed E-state index contributed by atoms with van der Waals surface area (Å²) in [4.78, 5) is 56.5. The Morgan fingerprint density at radius 1 is 0.827 bits per heavy atom. The number of carbonyl (C=O) groups excluding carboxylic acids is 3. The summed E-state index contributed by atoms with van der Waals surface area (Å²) in [6.45, 7) is 0. The number of rotatable bonds is 12. The maximum atomic E-state index is 13.8. The van der Waals surface area contributed by atoms with Crippen LogP contribution in [0.5, 0.6) is 0 Å². The number of aromatic nitrogens is 1. The fourth-order valence-electron chi connectivity index (χ4n) is 4.99. The second-order valence-corrected chi connectivity index (χ2v) is 13.6. The van der Waals surface area contributed by atoms with Crippen LogP contribution < -0.4 is 16.0 Å². The molecule has 0 aliphatic carbocycles. The molecule has 0 bridgehead atoms. The summed E-state index contributed by atoms with van der Waals surface area (Å²) in [6.07, 6.45) is 1.51. The maximum absolute atomic E-state index is 13.8. The van der Waals surface area contributed by atoms with Crippen LogP contribution in [0.1, 0.15) is 26.7 Å². The van der Waals surface area contributed by atoms with Crippen LogP contribution in [-0.2, 0) is 9.59 Å². The van der Waals surface area contributed by atoms with Crippen LogP contribution in [0.4, 0.5) is 16.5 Å². The van der Waals surface area contributed by atoms with Gasteiger partial charge in [-0.2, -0.15) is 0 Å². The van der Waals surface area contributed by atoms with Gasteiger partial charge >= 0.3 is 0 Å². The number of nitrogens with zero attached hydrogens (tertiary/aromatic N) is 2.